The second-order valence-corrected chi connectivity index (χ2v) is 3.73. The third-order valence-electron chi connectivity index (χ3n) is 2.40. The standard InChI is InChI=1S/C17H15/c1-4-10-16(11-5-1)14-8-3-9-15-17-12-6-2-7-13-17/h1-15H/q+1/b14-8-,15-9+. The number of benzene rings is 2. The molecule has 2 rings (SSSR count). The van der Waals surface area contributed by atoms with E-state index in [4.69, 9.17) is 0 Å². The van der Waals surface area contributed by atoms with Crippen molar-refractivity contribution in [1.29, 1.82) is 0 Å². The second-order valence-electron chi connectivity index (χ2n) is 3.73. The first-order chi connectivity index (χ1) is 8.45. The van der Waals surface area contributed by atoms with Crippen LogP contribution < -0.4 is 0 Å². The highest BCUT2D eigenvalue weighted by Crippen LogP contribution is 2.04. The summed E-state index contributed by atoms with van der Waals surface area (Å²) in [5, 5.41) is 0. The van der Waals surface area contributed by atoms with Crippen molar-refractivity contribution in [3.63, 3.8) is 0 Å². The van der Waals surface area contributed by atoms with Gasteiger partial charge in [-0.05, 0) is 24.3 Å². The van der Waals surface area contributed by atoms with E-state index < -0.39 is 0 Å². The van der Waals surface area contributed by atoms with Gasteiger partial charge in [0, 0.05) is 41.9 Å². The average molecular weight is 219 g/mol. The summed E-state index contributed by atoms with van der Waals surface area (Å²) in [5.74, 6) is 0. The Morgan fingerprint density at radius 2 is 1.00 bits per heavy atom. The van der Waals surface area contributed by atoms with Gasteiger partial charge in [0.1, 0.15) is 0 Å². The van der Waals surface area contributed by atoms with E-state index in [1.54, 1.807) is 0 Å². The lowest BCUT2D eigenvalue weighted by molar-refractivity contribution is 1.64. The molecule has 0 saturated heterocycles. The molecule has 0 atom stereocenters. The minimum absolute atomic E-state index is 1.22. The van der Waals surface area contributed by atoms with Crippen molar-refractivity contribution in [3.8, 4) is 0 Å². The van der Waals surface area contributed by atoms with Gasteiger partial charge in [0.25, 0.3) is 0 Å². The maximum absolute atomic E-state index is 2.09. The summed E-state index contributed by atoms with van der Waals surface area (Å²) in [7, 11) is 0. The molecule has 0 heterocycles. The van der Waals surface area contributed by atoms with Crippen LogP contribution in [0.5, 0.6) is 0 Å². The van der Waals surface area contributed by atoms with Crippen LogP contribution in [0.1, 0.15) is 11.1 Å². The van der Waals surface area contributed by atoms with Crippen molar-refractivity contribution >= 4 is 12.2 Å². The van der Waals surface area contributed by atoms with Crippen molar-refractivity contribution in [2.45, 2.75) is 0 Å². The maximum Gasteiger partial charge on any atom is 0.0473 e. The smallest absolute Gasteiger partial charge is 0.0473 e. The van der Waals surface area contributed by atoms with Crippen LogP contribution in [0.15, 0.2) is 72.8 Å². The van der Waals surface area contributed by atoms with Gasteiger partial charge in [0.15, 0.2) is 0 Å². The Morgan fingerprint density at radius 3 is 1.41 bits per heavy atom. The van der Waals surface area contributed by atoms with Crippen molar-refractivity contribution in [2.24, 2.45) is 0 Å². The van der Waals surface area contributed by atoms with Crippen LogP contribution >= 0.6 is 0 Å². The Hall–Kier alpha value is -2.21. The zero-order chi connectivity index (χ0) is 11.8. The fourth-order valence-corrected chi connectivity index (χ4v) is 1.53. The number of hydrogen-bond acceptors (Lipinski definition) is 0. The molecule has 0 spiro atoms. The first-order valence-electron chi connectivity index (χ1n) is 5.73. The predicted molar refractivity (Wildman–Crippen MR) is 75.3 cm³/mol. The van der Waals surface area contributed by atoms with Gasteiger partial charge in [-0.25, -0.2) is 0 Å². The molecule has 0 aromatic heterocycles. The Labute approximate surface area is 103 Å². The molecule has 2 aromatic carbocycles. The zero-order valence-electron chi connectivity index (χ0n) is 9.66. The molecule has 82 valence electrons. The van der Waals surface area contributed by atoms with E-state index in [0.717, 1.165) is 0 Å². The third-order valence-corrected chi connectivity index (χ3v) is 2.40. The van der Waals surface area contributed by atoms with Gasteiger partial charge >= 0.3 is 0 Å². The largest absolute Gasteiger partial charge is 0.0621 e. The van der Waals surface area contributed by atoms with Gasteiger partial charge in [-0.1, -0.05) is 36.4 Å². The first-order valence-corrected chi connectivity index (χ1v) is 5.73. The summed E-state index contributed by atoms with van der Waals surface area (Å²) in [4.78, 5) is 0. The molecule has 0 aliphatic rings. The maximum atomic E-state index is 2.09. The SMILES string of the molecule is C(=C/c1ccccc1)/[CH+]/C=C/c1ccccc1. The molecule has 0 fully saturated rings. The summed E-state index contributed by atoms with van der Waals surface area (Å²) < 4.78 is 0. The number of rotatable bonds is 4. The summed E-state index contributed by atoms with van der Waals surface area (Å²) in [6.45, 7) is 0. The molecule has 0 nitrogen and oxygen atoms in total. The minimum Gasteiger partial charge on any atom is -0.0621 e. The number of allylic oxidation sites excluding steroid dienone is 2. The quantitative estimate of drug-likeness (QED) is 0.658. The van der Waals surface area contributed by atoms with Crippen LogP contribution in [0, 0.1) is 6.42 Å². The van der Waals surface area contributed by atoms with Gasteiger partial charge in [-0.3, -0.25) is 0 Å². The molecule has 2 aromatic rings. The molecular formula is C17H15+. The van der Waals surface area contributed by atoms with Gasteiger partial charge < -0.3 is 0 Å². The Bertz CT molecular complexity index is 430. The van der Waals surface area contributed by atoms with Crippen LogP contribution in [-0.2, 0) is 0 Å². The highest BCUT2D eigenvalue weighted by atomic mass is 13.9. The average Bonchev–Trinajstić information content (AvgIpc) is 2.41. The monoisotopic (exact) mass is 219 g/mol. The van der Waals surface area contributed by atoms with Crippen molar-refractivity contribution in [3.05, 3.63) is 90.4 Å². The second kappa shape index (κ2) is 6.39. The lowest BCUT2D eigenvalue weighted by Crippen LogP contribution is -1.70. The van der Waals surface area contributed by atoms with Crippen molar-refractivity contribution in [2.75, 3.05) is 0 Å². The van der Waals surface area contributed by atoms with E-state index in [1.807, 2.05) is 42.8 Å². The highest BCUT2D eigenvalue weighted by molar-refractivity contribution is 5.54. The molecule has 0 heteroatoms. The molecule has 0 aliphatic heterocycles. The van der Waals surface area contributed by atoms with Gasteiger partial charge in [0.05, 0.1) is 0 Å². The van der Waals surface area contributed by atoms with Crippen molar-refractivity contribution in [1.82, 2.24) is 0 Å². The topological polar surface area (TPSA) is 0 Å². The zero-order valence-corrected chi connectivity index (χ0v) is 9.66. The first kappa shape index (κ1) is 11.3. The Kier molecular flexibility index (Phi) is 4.24. The molecule has 17 heavy (non-hydrogen) atoms. The summed E-state index contributed by atoms with van der Waals surface area (Å²) in [5.41, 5.74) is 2.44. The van der Waals surface area contributed by atoms with Crippen molar-refractivity contribution < 1.29 is 0 Å². The molecule has 0 amide bonds. The van der Waals surface area contributed by atoms with E-state index in [9.17, 15) is 0 Å². The van der Waals surface area contributed by atoms with E-state index in [0.29, 0.717) is 0 Å². The van der Waals surface area contributed by atoms with Gasteiger partial charge in [-0.15, -0.1) is 0 Å². The van der Waals surface area contributed by atoms with Crippen LogP contribution in [0.3, 0.4) is 0 Å². The molecule has 0 saturated carbocycles. The fourth-order valence-electron chi connectivity index (χ4n) is 1.53. The molecule has 0 unspecified atom stereocenters. The van der Waals surface area contributed by atoms with E-state index in [-0.39, 0.29) is 0 Å². The summed E-state index contributed by atoms with van der Waals surface area (Å²) in [6.07, 6.45) is 10.3. The fraction of sp³-hybridized carbons (Fsp3) is 0. The minimum atomic E-state index is 1.22. The van der Waals surface area contributed by atoms with E-state index >= 15 is 0 Å². The lowest BCUT2D eigenvalue weighted by atomic mass is 10.2. The van der Waals surface area contributed by atoms with Gasteiger partial charge in [0.2, 0.25) is 0 Å². The van der Waals surface area contributed by atoms with E-state index in [1.165, 1.54) is 11.1 Å². The number of hydrogen-bond donors (Lipinski definition) is 0. The Balaban J connectivity index is 1.84. The third kappa shape index (κ3) is 4.04. The normalized spacial score (nSPS) is 11.1. The molecule has 0 radical (unpaired) electrons. The summed E-state index contributed by atoms with van der Waals surface area (Å²) >= 11 is 0. The van der Waals surface area contributed by atoms with Crippen LogP contribution in [-0.4, -0.2) is 0 Å². The lowest BCUT2D eigenvalue weighted by Gasteiger charge is -1.86. The van der Waals surface area contributed by atoms with E-state index in [2.05, 4.69) is 48.6 Å². The highest BCUT2D eigenvalue weighted by Gasteiger charge is 1.88. The van der Waals surface area contributed by atoms with Crippen LogP contribution in [0.4, 0.5) is 0 Å². The summed E-state index contributed by atoms with van der Waals surface area (Å²) in [6, 6.07) is 20.6. The molecular weight excluding hydrogens is 204 g/mol. The van der Waals surface area contributed by atoms with Crippen LogP contribution in [0.25, 0.3) is 12.2 Å². The molecule has 0 aliphatic carbocycles. The predicted octanol–water partition coefficient (Wildman–Crippen LogP) is 4.62. The molecule has 0 bridgehead atoms. The van der Waals surface area contributed by atoms with Gasteiger partial charge in [-0.2, -0.15) is 0 Å². The molecule has 0 N–H and O–H groups in total. The Morgan fingerprint density at radius 1 is 0.588 bits per heavy atom. The van der Waals surface area contributed by atoms with Crippen LogP contribution in [0.2, 0.25) is 0 Å².